The summed E-state index contributed by atoms with van der Waals surface area (Å²) in [5, 5.41) is 11.7. The lowest BCUT2D eigenvalue weighted by Crippen LogP contribution is -2.41. The number of rotatable bonds is 3. The van der Waals surface area contributed by atoms with Crippen molar-refractivity contribution in [2.24, 2.45) is 5.92 Å². The van der Waals surface area contributed by atoms with E-state index in [0.29, 0.717) is 6.54 Å². The Hall–Kier alpha value is -1.43. The van der Waals surface area contributed by atoms with Gasteiger partial charge in [0, 0.05) is 26.6 Å². The molecule has 1 aromatic heterocycles. The number of carbonyl (C=O) groups is 1. The van der Waals surface area contributed by atoms with Crippen molar-refractivity contribution in [3.05, 3.63) is 11.6 Å². The van der Waals surface area contributed by atoms with E-state index in [0.717, 1.165) is 57.0 Å². The van der Waals surface area contributed by atoms with Crippen LogP contribution < -0.4 is 5.32 Å². The Morgan fingerprint density at radius 2 is 2.37 bits per heavy atom. The Kier molecular flexibility index (Phi) is 3.50. The van der Waals surface area contributed by atoms with Crippen LogP contribution in [-0.4, -0.2) is 45.7 Å². The van der Waals surface area contributed by atoms with E-state index < -0.39 is 0 Å². The van der Waals surface area contributed by atoms with Crippen molar-refractivity contribution in [1.29, 1.82) is 0 Å². The van der Waals surface area contributed by atoms with Crippen molar-refractivity contribution < 1.29 is 4.79 Å². The molecule has 0 aromatic carbocycles. The molecule has 0 radical (unpaired) electrons. The lowest BCUT2D eigenvalue weighted by Gasteiger charge is -2.26. The molecule has 1 fully saturated rings. The van der Waals surface area contributed by atoms with E-state index in [-0.39, 0.29) is 11.8 Å². The number of nitrogens with one attached hydrogen (secondary N) is 1. The van der Waals surface area contributed by atoms with Gasteiger partial charge >= 0.3 is 0 Å². The summed E-state index contributed by atoms with van der Waals surface area (Å²) in [6.45, 7) is 3.40. The van der Waals surface area contributed by atoms with Crippen molar-refractivity contribution in [2.45, 2.75) is 38.8 Å². The van der Waals surface area contributed by atoms with Gasteiger partial charge in [0.15, 0.2) is 5.82 Å². The third-order valence-corrected chi connectivity index (χ3v) is 4.09. The molecule has 0 spiro atoms. The second-order valence-electron chi connectivity index (χ2n) is 5.53. The van der Waals surface area contributed by atoms with Crippen LogP contribution in [0.3, 0.4) is 0 Å². The van der Waals surface area contributed by atoms with Gasteiger partial charge in [-0.3, -0.25) is 4.79 Å². The number of hydrogen-bond donors (Lipinski definition) is 1. The zero-order chi connectivity index (χ0) is 13.2. The van der Waals surface area contributed by atoms with Crippen molar-refractivity contribution in [2.75, 3.05) is 20.1 Å². The second kappa shape index (κ2) is 5.28. The second-order valence-corrected chi connectivity index (χ2v) is 5.53. The van der Waals surface area contributed by atoms with Crippen LogP contribution in [0.25, 0.3) is 0 Å². The molecule has 2 aliphatic rings. The van der Waals surface area contributed by atoms with E-state index in [1.165, 1.54) is 0 Å². The summed E-state index contributed by atoms with van der Waals surface area (Å²) in [5.74, 6) is 2.34. The number of amides is 1. The Balaban J connectivity index is 1.63. The van der Waals surface area contributed by atoms with Crippen LogP contribution in [0.1, 0.15) is 30.9 Å². The van der Waals surface area contributed by atoms with Gasteiger partial charge in [-0.25, -0.2) is 0 Å². The third kappa shape index (κ3) is 2.49. The number of piperidine rings is 1. The van der Waals surface area contributed by atoms with E-state index in [1.807, 2.05) is 7.05 Å². The summed E-state index contributed by atoms with van der Waals surface area (Å²) in [6, 6.07) is 0. The molecule has 2 aliphatic heterocycles. The van der Waals surface area contributed by atoms with Gasteiger partial charge in [-0.1, -0.05) is 0 Å². The fourth-order valence-electron chi connectivity index (χ4n) is 2.99. The van der Waals surface area contributed by atoms with Crippen molar-refractivity contribution in [3.8, 4) is 0 Å². The van der Waals surface area contributed by atoms with Crippen LogP contribution in [0.2, 0.25) is 0 Å². The first-order valence-corrected chi connectivity index (χ1v) is 7.12. The minimum atomic E-state index is 0.125. The van der Waals surface area contributed by atoms with Gasteiger partial charge in [0.25, 0.3) is 0 Å². The Labute approximate surface area is 113 Å². The first kappa shape index (κ1) is 12.6. The summed E-state index contributed by atoms with van der Waals surface area (Å²) >= 11 is 0. The van der Waals surface area contributed by atoms with E-state index >= 15 is 0 Å². The molecule has 1 aromatic rings. The Morgan fingerprint density at radius 3 is 3.16 bits per heavy atom. The summed E-state index contributed by atoms with van der Waals surface area (Å²) < 4.78 is 2.16. The zero-order valence-corrected chi connectivity index (χ0v) is 11.4. The van der Waals surface area contributed by atoms with Crippen LogP contribution in [-0.2, 0) is 24.3 Å². The van der Waals surface area contributed by atoms with Crippen LogP contribution in [0, 0.1) is 5.92 Å². The quantitative estimate of drug-likeness (QED) is 0.845. The van der Waals surface area contributed by atoms with Crippen LogP contribution >= 0.6 is 0 Å². The zero-order valence-electron chi connectivity index (χ0n) is 11.4. The molecule has 1 amide bonds. The molecular weight excluding hydrogens is 242 g/mol. The van der Waals surface area contributed by atoms with Crippen LogP contribution in [0.5, 0.6) is 0 Å². The highest BCUT2D eigenvalue weighted by atomic mass is 16.2. The topological polar surface area (TPSA) is 63.1 Å². The lowest BCUT2D eigenvalue weighted by atomic mass is 9.98. The SMILES string of the molecule is CN(Cc1nnc2n1CCC2)C(=O)[C@H]1CCCNC1. The first-order valence-electron chi connectivity index (χ1n) is 7.12. The predicted octanol–water partition coefficient (Wildman–Crippen LogP) is 0.182. The molecule has 104 valence electrons. The monoisotopic (exact) mass is 263 g/mol. The fourth-order valence-corrected chi connectivity index (χ4v) is 2.99. The van der Waals surface area contributed by atoms with Gasteiger partial charge in [0.05, 0.1) is 12.5 Å². The number of nitrogens with zero attached hydrogens (tertiary/aromatic N) is 4. The van der Waals surface area contributed by atoms with E-state index in [9.17, 15) is 4.79 Å². The Bertz CT molecular complexity index is 464. The summed E-state index contributed by atoms with van der Waals surface area (Å²) in [4.78, 5) is 14.2. The van der Waals surface area contributed by atoms with Crippen molar-refractivity contribution >= 4 is 5.91 Å². The van der Waals surface area contributed by atoms with Crippen LogP contribution in [0.15, 0.2) is 0 Å². The molecule has 0 unspecified atom stereocenters. The predicted molar refractivity (Wildman–Crippen MR) is 70.4 cm³/mol. The average molecular weight is 263 g/mol. The van der Waals surface area contributed by atoms with E-state index in [2.05, 4.69) is 20.1 Å². The summed E-state index contributed by atoms with van der Waals surface area (Å²) in [7, 11) is 1.87. The summed E-state index contributed by atoms with van der Waals surface area (Å²) in [6.07, 6.45) is 4.23. The molecule has 19 heavy (non-hydrogen) atoms. The van der Waals surface area contributed by atoms with Gasteiger partial charge in [0.2, 0.25) is 5.91 Å². The maximum Gasteiger partial charge on any atom is 0.227 e. The average Bonchev–Trinajstić information content (AvgIpc) is 3.04. The molecule has 6 heteroatoms. The molecule has 6 nitrogen and oxygen atoms in total. The molecule has 1 atom stereocenters. The van der Waals surface area contributed by atoms with Crippen molar-refractivity contribution in [3.63, 3.8) is 0 Å². The van der Waals surface area contributed by atoms with Gasteiger partial charge < -0.3 is 14.8 Å². The minimum Gasteiger partial charge on any atom is -0.338 e. The van der Waals surface area contributed by atoms with Gasteiger partial charge in [0.1, 0.15) is 5.82 Å². The summed E-state index contributed by atoms with van der Waals surface area (Å²) in [5.41, 5.74) is 0. The highest BCUT2D eigenvalue weighted by Crippen LogP contribution is 2.17. The maximum atomic E-state index is 12.4. The van der Waals surface area contributed by atoms with Gasteiger partial charge in [-0.05, 0) is 25.8 Å². The number of hydrogen-bond acceptors (Lipinski definition) is 4. The normalized spacial score (nSPS) is 22.3. The standard InChI is InChI=1S/C13H21N5O/c1-17(13(19)10-4-2-6-14-8-10)9-12-16-15-11-5-3-7-18(11)12/h10,14H,2-9H2,1H3/t10-/m0/s1. The lowest BCUT2D eigenvalue weighted by molar-refractivity contribution is -0.135. The highest BCUT2D eigenvalue weighted by molar-refractivity contribution is 5.78. The highest BCUT2D eigenvalue weighted by Gasteiger charge is 2.26. The van der Waals surface area contributed by atoms with Gasteiger partial charge in [-0.2, -0.15) is 0 Å². The third-order valence-electron chi connectivity index (χ3n) is 4.09. The smallest absolute Gasteiger partial charge is 0.227 e. The fraction of sp³-hybridized carbons (Fsp3) is 0.769. The first-order chi connectivity index (χ1) is 9.25. The van der Waals surface area contributed by atoms with Crippen LogP contribution in [0.4, 0.5) is 0 Å². The molecule has 3 heterocycles. The number of aromatic nitrogens is 3. The largest absolute Gasteiger partial charge is 0.338 e. The number of carbonyl (C=O) groups excluding carboxylic acids is 1. The molecule has 3 rings (SSSR count). The number of aryl methyl sites for hydroxylation is 1. The molecule has 0 saturated carbocycles. The molecular formula is C13H21N5O. The minimum absolute atomic E-state index is 0.125. The van der Waals surface area contributed by atoms with Crippen molar-refractivity contribution in [1.82, 2.24) is 25.0 Å². The molecule has 0 aliphatic carbocycles. The molecule has 0 bridgehead atoms. The molecule has 1 saturated heterocycles. The van der Waals surface area contributed by atoms with Gasteiger partial charge in [-0.15, -0.1) is 10.2 Å². The van der Waals surface area contributed by atoms with E-state index in [1.54, 1.807) is 4.90 Å². The number of fused-ring (bicyclic) bond motifs is 1. The van der Waals surface area contributed by atoms with E-state index in [4.69, 9.17) is 0 Å². The maximum absolute atomic E-state index is 12.4. The Morgan fingerprint density at radius 1 is 1.47 bits per heavy atom. The molecule has 1 N–H and O–H groups in total.